The van der Waals surface area contributed by atoms with E-state index in [4.69, 9.17) is 9.47 Å². The van der Waals surface area contributed by atoms with Crippen molar-refractivity contribution in [3.8, 4) is 5.75 Å². The van der Waals surface area contributed by atoms with Gasteiger partial charge in [-0.15, -0.1) is 0 Å². The average Bonchev–Trinajstić information content (AvgIpc) is 2.78. The minimum atomic E-state index is -0.826. The zero-order chi connectivity index (χ0) is 21.5. The fourth-order valence-electron chi connectivity index (χ4n) is 3.45. The molecule has 3 rings (SSSR count). The number of hydrogen-bond acceptors (Lipinski definition) is 5. The van der Waals surface area contributed by atoms with Gasteiger partial charge in [0, 0.05) is 31.9 Å². The van der Waals surface area contributed by atoms with Crippen LogP contribution in [0, 0.1) is 0 Å². The molecule has 6 heteroatoms. The minimum absolute atomic E-state index is 0.169. The molecule has 0 unspecified atom stereocenters. The van der Waals surface area contributed by atoms with Crippen LogP contribution in [-0.4, -0.2) is 55.7 Å². The lowest BCUT2D eigenvalue weighted by Crippen LogP contribution is -2.51. The summed E-state index contributed by atoms with van der Waals surface area (Å²) >= 11 is 0. The number of ether oxygens (including phenoxy) is 2. The molecule has 1 atom stereocenters. The summed E-state index contributed by atoms with van der Waals surface area (Å²) in [7, 11) is 0. The van der Waals surface area contributed by atoms with Crippen molar-refractivity contribution >= 4 is 17.6 Å². The summed E-state index contributed by atoms with van der Waals surface area (Å²) < 4.78 is 10.8. The molecule has 1 aliphatic rings. The molecule has 160 valence electrons. The summed E-state index contributed by atoms with van der Waals surface area (Å²) in [5, 5.41) is 0. The number of benzene rings is 2. The van der Waals surface area contributed by atoms with Crippen LogP contribution >= 0.6 is 0 Å². The fraction of sp³-hybridized carbons (Fsp3) is 0.417. The molecule has 0 aliphatic carbocycles. The number of amides is 1. The first-order valence-corrected chi connectivity index (χ1v) is 10.4. The molecule has 2 aromatic rings. The zero-order valence-electron chi connectivity index (χ0n) is 17.9. The summed E-state index contributed by atoms with van der Waals surface area (Å²) in [4.78, 5) is 28.7. The predicted octanol–water partition coefficient (Wildman–Crippen LogP) is 3.47. The van der Waals surface area contributed by atoms with Crippen molar-refractivity contribution in [3.05, 3.63) is 60.2 Å². The lowest BCUT2D eigenvalue weighted by atomic mass is 10.0. The molecule has 1 amide bonds. The maximum Gasteiger partial charge on any atom is 0.344 e. The second kappa shape index (κ2) is 10.1. The van der Waals surface area contributed by atoms with E-state index in [1.165, 1.54) is 5.56 Å². The van der Waals surface area contributed by atoms with Crippen molar-refractivity contribution in [1.29, 1.82) is 0 Å². The number of piperazine rings is 1. The molecule has 6 nitrogen and oxygen atoms in total. The molecule has 0 bridgehead atoms. The van der Waals surface area contributed by atoms with Gasteiger partial charge in [-0.3, -0.25) is 4.79 Å². The lowest BCUT2D eigenvalue weighted by molar-refractivity contribution is -0.160. The van der Waals surface area contributed by atoms with Crippen LogP contribution in [0.1, 0.15) is 32.3 Å². The molecular weight excluding hydrogens is 380 g/mol. The summed E-state index contributed by atoms with van der Waals surface area (Å²) in [5.74, 6) is 0.321. The van der Waals surface area contributed by atoms with E-state index in [1.807, 2.05) is 42.5 Å². The van der Waals surface area contributed by atoms with Crippen molar-refractivity contribution < 1.29 is 19.1 Å². The van der Waals surface area contributed by atoms with Crippen LogP contribution in [0.2, 0.25) is 0 Å². The Bertz CT molecular complexity index is 828. The summed E-state index contributed by atoms with van der Waals surface area (Å²) in [6.45, 7) is 8.35. The smallest absolute Gasteiger partial charge is 0.344 e. The average molecular weight is 411 g/mol. The first-order chi connectivity index (χ1) is 14.4. The van der Waals surface area contributed by atoms with E-state index in [9.17, 15) is 9.59 Å². The van der Waals surface area contributed by atoms with Crippen molar-refractivity contribution in [2.45, 2.75) is 32.8 Å². The lowest BCUT2D eigenvalue weighted by Gasteiger charge is -2.37. The van der Waals surface area contributed by atoms with E-state index in [-0.39, 0.29) is 12.5 Å². The molecule has 1 saturated heterocycles. The van der Waals surface area contributed by atoms with Gasteiger partial charge in [0.05, 0.1) is 0 Å². The van der Waals surface area contributed by atoms with Gasteiger partial charge >= 0.3 is 5.97 Å². The van der Waals surface area contributed by atoms with Gasteiger partial charge in [0.15, 0.2) is 12.7 Å². The molecule has 2 aromatic carbocycles. The summed E-state index contributed by atoms with van der Waals surface area (Å²) in [5.41, 5.74) is 2.36. The second-order valence-electron chi connectivity index (χ2n) is 7.79. The van der Waals surface area contributed by atoms with Crippen LogP contribution in [0.4, 0.5) is 5.69 Å². The number of rotatable bonds is 7. The third-order valence-electron chi connectivity index (χ3n) is 5.27. The Hall–Kier alpha value is -3.02. The zero-order valence-corrected chi connectivity index (χ0v) is 17.9. The second-order valence-corrected chi connectivity index (χ2v) is 7.79. The van der Waals surface area contributed by atoms with Gasteiger partial charge in [-0.1, -0.05) is 44.2 Å². The maximum absolute atomic E-state index is 12.6. The van der Waals surface area contributed by atoms with Gasteiger partial charge in [0.2, 0.25) is 0 Å². The van der Waals surface area contributed by atoms with Crippen molar-refractivity contribution in [2.24, 2.45) is 0 Å². The molecule has 0 N–H and O–H groups in total. The Labute approximate surface area is 178 Å². The van der Waals surface area contributed by atoms with Gasteiger partial charge in [0.25, 0.3) is 5.91 Å². The molecule has 0 saturated carbocycles. The maximum atomic E-state index is 12.6. The Morgan fingerprint density at radius 2 is 1.53 bits per heavy atom. The number of carbonyl (C=O) groups is 2. The van der Waals surface area contributed by atoms with Crippen LogP contribution in [-0.2, 0) is 14.3 Å². The highest BCUT2D eigenvalue weighted by molar-refractivity contribution is 5.84. The topological polar surface area (TPSA) is 59.1 Å². The van der Waals surface area contributed by atoms with Crippen molar-refractivity contribution in [3.63, 3.8) is 0 Å². The Morgan fingerprint density at radius 1 is 0.900 bits per heavy atom. The van der Waals surface area contributed by atoms with E-state index in [2.05, 4.69) is 30.9 Å². The molecule has 0 aromatic heterocycles. The minimum Gasteiger partial charge on any atom is -0.482 e. The van der Waals surface area contributed by atoms with Gasteiger partial charge in [0.1, 0.15) is 5.75 Å². The quantitative estimate of drug-likeness (QED) is 0.654. The van der Waals surface area contributed by atoms with Gasteiger partial charge in [-0.2, -0.15) is 0 Å². The van der Waals surface area contributed by atoms with E-state index in [0.29, 0.717) is 24.8 Å². The van der Waals surface area contributed by atoms with Crippen LogP contribution in [0.3, 0.4) is 0 Å². The molecule has 0 spiro atoms. The fourth-order valence-corrected chi connectivity index (χ4v) is 3.45. The Balaban J connectivity index is 1.42. The van der Waals surface area contributed by atoms with Crippen molar-refractivity contribution in [1.82, 2.24) is 4.90 Å². The highest BCUT2D eigenvalue weighted by Crippen LogP contribution is 2.19. The van der Waals surface area contributed by atoms with E-state index in [1.54, 1.807) is 11.8 Å². The van der Waals surface area contributed by atoms with Gasteiger partial charge < -0.3 is 19.3 Å². The highest BCUT2D eigenvalue weighted by Gasteiger charge is 2.27. The number of anilines is 1. The first-order valence-electron chi connectivity index (χ1n) is 10.4. The first kappa shape index (κ1) is 21.7. The van der Waals surface area contributed by atoms with E-state index >= 15 is 0 Å². The van der Waals surface area contributed by atoms with Crippen LogP contribution in [0.15, 0.2) is 54.6 Å². The highest BCUT2D eigenvalue weighted by atomic mass is 16.6. The molecule has 30 heavy (non-hydrogen) atoms. The van der Waals surface area contributed by atoms with Gasteiger partial charge in [-0.25, -0.2) is 4.79 Å². The van der Waals surface area contributed by atoms with Crippen molar-refractivity contribution in [2.75, 3.05) is 37.7 Å². The van der Waals surface area contributed by atoms with E-state index < -0.39 is 12.1 Å². The van der Waals surface area contributed by atoms with E-state index in [0.717, 1.165) is 18.8 Å². The molecule has 1 fully saturated rings. The van der Waals surface area contributed by atoms with Gasteiger partial charge in [-0.05, 0) is 42.7 Å². The summed E-state index contributed by atoms with van der Waals surface area (Å²) in [6.07, 6.45) is -0.826. The monoisotopic (exact) mass is 410 g/mol. The normalized spacial score (nSPS) is 15.1. The molecule has 1 heterocycles. The SMILES string of the molecule is CC(C)c1ccc(OCC(=O)O[C@@H](C)C(=O)N2CCN(c3ccccc3)CC2)cc1. The number of nitrogens with zero attached hydrogens (tertiary/aromatic N) is 2. The van der Waals surface area contributed by atoms with Crippen LogP contribution in [0.5, 0.6) is 5.75 Å². The summed E-state index contributed by atoms with van der Waals surface area (Å²) in [6, 6.07) is 17.8. The Morgan fingerprint density at radius 3 is 2.13 bits per heavy atom. The standard InChI is InChI=1S/C24H30N2O4/c1-18(2)20-9-11-22(12-10-20)29-17-23(27)30-19(3)24(28)26-15-13-25(14-16-26)21-7-5-4-6-8-21/h4-12,18-19H,13-17H2,1-3H3/t19-/m0/s1. The van der Waals surface area contributed by atoms with Crippen LogP contribution in [0.25, 0.3) is 0 Å². The number of hydrogen-bond donors (Lipinski definition) is 0. The number of esters is 1. The number of para-hydroxylation sites is 1. The molecule has 0 radical (unpaired) electrons. The third-order valence-corrected chi connectivity index (χ3v) is 5.27. The van der Waals surface area contributed by atoms with Crippen LogP contribution < -0.4 is 9.64 Å². The predicted molar refractivity (Wildman–Crippen MR) is 117 cm³/mol. The Kier molecular flexibility index (Phi) is 7.33. The molecule has 1 aliphatic heterocycles. The largest absolute Gasteiger partial charge is 0.482 e. The molecular formula is C24H30N2O4. The number of carbonyl (C=O) groups excluding carboxylic acids is 2. The third kappa shape index (κ3) is 5.75.